The van der Waals surface area contributed by atoms with Crippen molar-refractivity contribution in [3.8, 4) is 0 Å². The minimum Gasteiger partial charge on any atom is -0.444 e. The Balaban J connectivity index is 3.26. The van der Waals surface area contributed by atoms with Crippen LogP contribution in [-0.2, 0) is 9.53 Å². The molecular weight excluding hydrogens is 316 g/mol. The van der Waals surface area contributed by atoms with Crippen molar-refractivity contribution in [1.29, 1.82) is 0 Å². The second-order valence-corrected chi connectivity index (χ2v) is 7.71. The van der Waals surface area contributed by atoms with Crippen molar-refractivity contribution in [2.24, 2.45) is 0 Å². The van der Waals surface area contributed by atoms with Gasteiger partial charge in [0, 0.05) is 19.5 Å². The molecule has 0 rings (SSSR count). The number of ether oxygens (including phenoxy) is 1. The largest absolute Gasteiger partial charge is 0.444 e. The Bertz CT molecular complexity index is 351. The van der Waals surface area contributed by atoms with E-state index in [-0.39, 0.29) is 12.0 Å². The van der Waals surface area contributed by atoms with Crippen LogP contribution in [0.3, 0.4) is 0 Å². The number of amides is 2. The van der Waals surface area contributed by atoms with Gasteiger partial charge in [-0.2, -0.15) is 0 Å². The first-order valence-electron chi connectivity index (χ1n) is 10.1. The van der Waals surface area contributed by atoms with E-state index >= 15 is 0 Å². The summed E-state index contributed by atoms with van der Waals surface area (Å²) in [5.41, 5.74) is -0.430. The van der Waals surface area contributed by atoms with E-state index in [0.29, 0.717) is 13.0 Å². The van der Waals surface area contributed by atoms with E-state index in [1.807, 2.05) is 20.8 Å². The summed E-state index contributed by atoms with van der Waals surface area (Å²) in [4.78, 5) is 23.0. The Hall–Kier alpha value is -1.26. The first kappa shape index (κ1) is 23.7. The third-order valence-corrected chi connectivity index (χ3v) is 3.85. The fraction of sp³-hybridized carbons (Fsp3) is 0.900. The smallest absolute Gasteiger partial charge is 0.407 e. The highest BCUT2D eigenvalue weighted by atomic mass is 16.6. The highest BCUT2D eigenvalue weighted by Gasteiger charge is 2.15. The molecule has 0 aliphatic rings. The molecule has 0 spiro atoms. The van der Waals surface area contributed by atoms with Crippen molar-refractivity contribution < 1.29 is 14.3 Å². The second-order valence-electron chi connectivity index (χ2n) is 7.71. The number of alkyl carbamates (subject to hydrolysis) is 1. The lowest BCUT2D eigenvalue weighted by Crippen LogP contribution is -2.32. The molecule has 0 aliphatic heterocycles. The van der Waals surface area contributed by atoms with Crippen LogP contribution in [0.15, 0.2) is 0 Å². The van der Waals surface area contributed by atoms with Crippen LogP contribution in [0.4, 0.5) is 4.79 Å². The van der Waals surface area contributed by atoms with E-state index in [1.54, 1.807) is 0 Å². The summed E-state index contributed by atoms with van der Waals surface area (Å²) >= 11 is 0. The molecule has 0 aromatic heterocycles. The highest BCUT2D eigenvalue weighted by Crippen LogP contribution is 2.10. The Morgan fingerprint density at radius 1 is 0.760 bits per heavy atom. The molecule has 0 unspecified atom stereocenters. The maximum Gasteiger partial charge on any atom is 0.407 e. The molecule has 25 heavy (non-hydrogen) atoms. The van der Waals surface area contributed by atoms with Crippen LogP contribution in [0.2, 0.25) is 0 Å². The molecule has 0 aromatic carbocycles. The number of carbonyl (C=O) groups excluding carboxylic acids is 2. The molecule has 0 aliphatic carbocycles. The number of hydrogen-bond acceptors (Lipinski definition) is 3. The number of nitrogens with one attached hydrogen (secondary N) is 2. The van der Waals surface area contributed by atoms with Crippen LogP contribution in [0.25, 0.3) is 0 Å². The molecule has 5 nitrogen and oxygen atoms in total. The molecule has 0 aromatic rings. The van der Waals surface area contributed by atoms with Gasteiger partial charge in [-0.1, -0.05) is 51.9 Å². The maximum absolute atomic E-state index is 11.5. The van der Waals surface area contributed by atoms with Gasteiger partial charge in [-0.3, -0.25) is 4.79 Å². The summed E-state index contributed by atoms with van der Waals surface area (Å²) in [5, 5.41) is 5.74. The van der Waals surface area contributed by atoms with Crippen LogP contribution >= 0.6 is 0 Å². The summed E-state index contributed by atoms with van der Waals surface area (Å²) in [7, 11) is 0. The third kappa shape index (κ3) is 18.9. The van der Waals surface area contributed by atoms with E-state index in [1.165, 1.54) is 25.7 Å². The van der Waals surface area contributed by atoms with Gasteiger partial charge in [-0.15, -0.1) is 0 Å². The van der Waals surface area contributed by atoms with Gasteiger partial charge in [0.05, 0.1) is 0 Å². The summed E-state index contributed by atoms with van der Waals surface area (Å²) in [6, 6.07) is 0. The Morgan fingerprint density at radius 3 is 1.84 bits per heavy atom. The first-order chi connectivity index (χ1) is 11.8. The molecule has 0 atom stereocenters. The molecule has 0 heterocycles. The predicted octanol–water partition coefficient (Wildman–Crippen LogP) is 4.94. The first-order valence-corrected chi connectivity index (χ1v) is 10.1. The monoisotopic (exact) mass is 356 g/mol. The van der Waals surface area contributed by atoms with E-state index in [4.69, 9.17) is 4.74 Å². The van der Waals surface area contributed by atoms with Gasteiger partial charge in [0.2, 0.25) is 5.91 Å². The Morgan fingerprint density at radius 2 is 1.28 bits per heavy atom. The summed E-state index contributed by atoms with van der Waals surface area (Å²) in [6.07, 6.45) is 11.7. The highest BCUT2D eigenvalue weighted by molar-refractivity contribution is 5.75. The van der Waals surface area contributed by atoms with Gasteiger partial charge in [0.25, 0.3) is 0 Å². The van der Waals surface area contributed by atoms with Crippen molar-refractivity contribution in [1.82, 2.24) is 10.6 Å². The Labute approximate surface area is 154 Å². The standard InChI is InChI=1S/C20H40N2O3/c1-5-6-16-21-18(23)15-13-11-9-7-8-10-12-14-17-22-19(24)25-20(2,3)4/h5-17H2,1-4H3,(H,21,23)(H,22,24). The minimum absolute atomic E-state index is 0.200. The lowest BCUT2D eigenvalue weighted by atomic mass is 10.1. The van der Waals surface area contributed by atoms with Crippen LogP contribution in [-0.4, -0.2) is 30.7 Å². The zero-order valence-corrected chi connectivity index (χ0v) is 16.9. The van der Waals surface area contributed by atoms with Gasteiger partial charge >= 0.3 is 6.09 Å². The van der Waals surface area contributed by atoms with Crippen LogP contribution < -0.4 is 10.6 Å². The number of rotatable bonds is 14. The zero-order chi connectivity index (χ0) is 19.0. The Kier molecular flexibility index (Phi) is 14.3. The zero-order valence-electron chi connectivity index (χ0n) is 16.9. The van der Waals surface area contributed by atoms with Crippen molar-refractivity contribution in [2.75, 3.05) is 13.1 Å². The quantitative estimate of drug-likeness (QED) is 0.433. The van der Waals surface area contributed by atoms with Gasteiger partial charge in [0.1, 0.15) is 5.60 Å². The summed E-state index contributed by atoms with van der Waals surface area (Å²) in [6.45, 7) is 9.23. The molecule has 0 bridgehead atoms. The van der Waals surface area contributed by atoms with Gasteiger partial charge in [-0.05, 0) is 40.0 Å². The average Bonchev–Trinajstić information content (AvgIpc) is 2.51. The van der Waals surface area contributed by atoms with Crippen LogP contribution in [0, 0.1) is 0 Å². The molecule has 2 N–H and O–H groups in total. The maximum atomic E-state index is 11.5. The minimum atomic E-state index is -0.430. The molecule has 148 valence electrons. The molecule has 0 fully saturated rings. The average molecular weight is 357 g/mol. The van der Waals surface area contributed by atoms with E-state index in [0.717, 1.165) is 45.1 Å². The normalized spacial score (nSPS) is 11.2. The van der Waals surface area contributed by atoms with Crippen LogP contribution in [0.5, 0.6) is 0 Å². The third-order valence-electron chi connectivity index (χ3n) is 3.85. The van der Waals surface area contributed by atoms with Gasteiger partial charge in [-0.25, -0.2) is 4.79 Å². The fourth-order valence-electron chi connectivity index (χ4n) is 2.47. The molecule has 2 amide bonds. The van der Waals surface area contributed by atoms with E-state index < -0.39 is 5.60 Å². The van der Waals surface area contributed by atoms with Crippen molar-refractivity contribution >= 4 is 12.0 Å². The van der Waals surface area contributed by atoms with E-state index in [9.17, 15) is 9.59 Å². The molecule has 5 heteroatoms. The predicted molar refractivity (Wildman–Crippen MR) is 104 cm³/mol. The fourth-order valence-corrected chi connectivity index (χ4v) is 2.47. The number of hydrogen-bond donors (Lipinski definition) is 2. The molecule has 0 radical (unpaired) electrons. The lowest BCUT2D eigenvalue weighted by molar-refractivity contribution is -0.121. The summed E-state index contributed by atoms with van der Waals surface area (Å²) < 4.78 is 5.19. The number of carbonyl (C=O) groups is 2. The molecule has 0 saturated heterocycles. The second kappa shape index (κ2) is 15.0. The topological polar surface area (TPSA) is 67.4 Å². The lowest BCUT2D eigenvalue weighted by Gasteiger charge is -2.19. The summed E-state index contributed by atoms with van der Waals surface area (Å²) in [5.74, 6) is 0.200. The van der Waals surface area contributed by atoms with E-state index in [2.05, 4.69) is 17.6 Å². The molecular formula is C20H40N2O3. The SMILES string of the molecule is CCCCNC(=O)CCCCCCCCCCNC(=O)OC(C)(C)C. The van der Waals surface area contributed by atoms with Crippen molar-refractivity contribution in [3.05, 3.63) is 0 Å². The van der Waals surface area contributed by atoms with Crippen molar-refractivity contribution in [3.63, 3.8) is 0 Å². The molecule has 0 saturated carbocycles. The van der Waals surface area contributed by atoms with Crippen LogP contribution in [0.1, 0.15) is 98.3 Å². The van der Waals surface area contributed by atoms with Gasteiger partial charge in [0.15, 0.2) is 0 Å². The van der Waals surface area contributed by atoms with Gasteiger partial charge < -0.3 is 15.4 Å². The van der Waals surface area contributed by atoms with Crippen molar-refractivity contribution in [2.45, 2.75) is 104 Å². The number of unbranched alkanes of at least 4 members (excludes halogenated alkanes) is 8.